The molecule has 2 unspecified atom stereocenters. The average molecular weight is 319 g/mol. The van der Waals surface area contributed by atoms with E-state index in [0.29, 0.717) is 13.0 Å². The van der Waals surface area contributed by atoms with Crippen molar-refractivity contribution >= 4 is 17.9 Å². The summed E-state index contributed by atoms with van der Waals surface area (Å²) in [6.45, 7) is 2.56. The lowest BCUT2D eigenvalue weighted by molar-refractivity contribution is -0.141. The average Bonchev–Trinajstić information content (AvgIpc) is 2.96. The number of rotatable bonds is 5. The van der Waals surface area contributed by atoms with Gasteiger partial charge >= 0.3 is 12.0 Å². The summed E-state index contributed by atoms with van der Waals surface area (Å²) in [6, 6.07) is 6.26. The van der Waals surface area contributed by atoms with Crippen LogP contribution in [0.5, 0.6) is 0 Å². The molecule has 2 rings (SSSR count). The summed E-state index contributed by atoms with van der Waals surface area (Å²) in [5.74, 6) is -1.58. The Morgan fingerprint density at radius 3 is 2.74 bits per heavy atom. The van der Waals surface area contributed by atoms with Gasteiger partial charge < -0.3 is 21.1 Å². The Morgan fingerprint density at radius 1 is 1.43 bits per heavy atom. The van der Waals surface area contributed by atoms with Crippen molar-refractivity contribution in [3.8, 4) is 0 Å². The Labute approximate surface area is 134 Å². The first-order chi connectivity index (χ1) is 10.9. The van der Waals surface area contributed by atoms with Crippen LogP contribution in [0, 0.1) is 12.8 Å². The number of carboxylic acid groups (broad SMARTS) is 1. The van der Waals surface area contributed by atoms with Gasteiger partial charge in [0.25, 0.3) is 0 Å². The topological polar surface area (TPSA) is 113 Å². The van der Waals surface area contributed by atoms with Crippen molar-refractivity contribution in [1.82, 2.24) is 10.2 Å². The monoisotopic (exact) mass is 319 g/mol. The van der Waals surface area contributed by atoms with Gasteiger partial charge in [-0.1, -0.05) is 29.8 Å². The molecule has 7 heteroatoms. The van der Waals surface area contributed by atoms with E-state index in [2.05, 4.69) is 5.32 Å². The summed E-state index contributed by atoms with van der Waals surface area (Å²) in [4.78, 5) is 36.1. The van der Waals surface area contributed by atoms with Crippen molar-refractivity contribution in [3.05, 3.63) is 35.4 Å². The van der Waals surface area contributed by atoms with Gasteiger partial charge in [0.2, 0.25) is 5.91 Å². The predicted octanol–water partition coefficient (Wildman–Crippen LogP) is 1.03. The normalized spacial score (nSPS) is 18.5. The van der Waals surface area contributed by atoms with E-state index in [0.717, 1.165) is 11.1 Å². The molecule has 0 saturated carbocycles. The zero-order valence-electron chi connectivity index (χ0n) is 13.0. The Balaban J connectivity index is 2.07. The third-order valence-electron chi connectivity index (χ3n) is 4.03. The van der Waals surface area contributed by atoms with Crippen LogP contribution in [-0.2, 0) is 9.59 Å². The molecule has 0 aliphatic carbocycles. The molecule has 1 aromatic carbocycles. The number of nitrogens with one attached hydrogen (secondary N) is 1. The molecule has 2 atom stereocenters. The number of carbonyl (C=O) groups excluding carboxylic acids is 2. The van der Waals surface area contributed by atoms with E-state index in [9.17, 15) is 14.4 Å². The summed E-state index contributed by atoms with van der Waals surface area (Å²) >= 11 is 0. The Hall–Kier alpha value is -2.57. The minimum absolute atomic E-state index is 0.0543. The van der Waals surface area contributed by atoms with Gasteiger partial charge in [0.05, 0.1) is 18.4 Å². The van der Waals surface area contributed by atoms with Crippen LogP contribution in [0.15, 0.2) is 24.3 Å². The Kier molecular flexibility index (Phi) is 5.20. The number of urea groups is 1. The Morgan fingerprint density at radius 2 is 2.17 bits per heavy atom. The number of nitrogens with two attached hydrogens (primary N) is 1. The highest BCUT2D eigenvalue weighted by molar-refractivity contribution is 5.80. The van der Waals surface area contributed by atoms with Crippen molar-refractivity contribution in [1.29, 1.82) is 0 Å². The minimum Gasteiger partial charge on any atom is -0.481 e. The highest BCUT2D eigenvalue weighted by Gasteiger charge is 2.32. The molecule has 0 spiro atoms. The SMILES string of the molecule is Cc1cccc(C(CC(=O)N2CCC(C(=O)O)C2)NC(N)=O)c1. The van der Waals surface area contributed by atoms with E-state index in [1.807, 2.05) is 31.2 Å². The van der Waals surface area contributed by atoms with Crippen LogP contribution in [0.3, 0.4) is 0 Å². The summed E-state index contributed by atoms with van der Waals surface area (Å²) in [7, 11) is 0. The van der Waals surface area contributed by atoms with Crippen molar-refractivity contribution in [2.45, 2.75) is 25.8 Å². The van der Waals surface area contributed by atoms with E-state index in [-0.39, 0.29) is 18.9 Å². The third kappa shape index (κ3) is 4.45. The second-order valence-corrected chi connectivity index (χ2v) is 5.84. The molecule has 1 heterocycles. The van der Waals surface area contributed by atoms with Gasteiger partial charge in [-0.05, 0) is 18.9 Å². The molecule has 1 aliphatic rings. The summed E-state index contributed by atoms with van der Waals surface area (Å²) in [5.41, 5.74) is 7.02. The standard InChI is InChI=1S/C16H21N3O4/c1-10-3-2-4-11(7-10)13(18-16(17)23)8-14(20)19-6-5-12(9-19)15(21)22/h2-4,7,12-13H,5-6,8-9H2,1H3,(H,21,22)(H3,17,18,23). The van der Waals surface area contributed by atoms with Crippen LogP contribution in [0.4, 0.5) is 4.79 Å². The molecule has 3 amide bonds. The van der Waals surface area contributed by atoms with Gasteiger partial charge in [0.15, 0.2) is 0 Å². The van der Waals surface area contributed by atoms with Gasteiger partial charge in [-0.25, -0.2) is 4.79 Å². The van der Waals surface area contributed by atoms with Crippen LogP contribution in [0.25, 0.3) is 0 Å². The maximum Gasteiger partial charge on any atom is 0.312 e. The van der Waals surface area contributed by atoms with Crippen molar-refractivity contribution in [2.75, 3.05) is 13.1 Å². The number of benzene rings is 1. The maximum absolute atomic E-state index is 12.4. The molecule has 1 aromatic rings. The fourth-order valence-electron chi connectivity index (χ4n) is 2.80. The lowest BCUT2D eigenvalue weighted by Gasteiger charge is -2.22. The number of amides is 3. The number of nitrogens with zero attached hydrogens (tertiary/aromatic N) is 1. The fourth-order valence-corrected chi connectivity index (χ4v) is 2.80. The number of hydrogen-bond acceptors (Lipinski definition) is 3. The van der Waals surface area contributed by atoms with Gasteiger partial charge in [0, 0.05) is 13.1 Å². The number of carboxylic acids is 1. The van der Waals surface area contributed by atoms with E-state index >= 15 is 0 Å². The number of aliphatic carboxylic acids is 1. The van der Waals surface area contributed by atoms with Gasteiger partial charge in [-0.2, -0.15) is 0 Å². The van der Waals surface area contributed by atoms with Crippen LogP contribution in [0.1, 0.15) is 30.0 Å². The molecule has 124 valence electrons. The number of aryl methyl sites for hydroxylation is 1. The van der Waals surface area contributed by atoms with Crippen molar-refractivity contribution in [3.63, 3.8) is 0 Å². The lowest BCUT2D eigenvalue weighted by Crippen LogP contribution is -2.38. The van der Waals surface area contributed by atoms with E-state index in [1.165, 1.54) is 4.90 Å². The maximum atomic E-state index is 12.4. The van der Waals surface area contributed by atoms with Crippen LogP contribution >= 0.6 is 0 Å². The second-order valence-electron chi connectivity index (χ2n) is 5.84. The third-order valence-corrected chi connectivity index (χ3v) is 4.03. The molecule has 0 bridgehead atoms. The first-order valence-electron chi connectivity index (χ1n) is 7.50. The van der Waals surface area contributed by atoms with Gasteiger partial charge in [0.1, 0.15) is 0 Å². The zero-order chi connectivity index (χ0) is 17.0. The summed E-state index contributed by atoms with van der Waals surface area (Å²) in [5, 5.41) is 11.6. The van der Waals surface area contributed by atoms with Gasteiger partial charge in [-0.3, -0.25) is 9.59 Å². The fraction of sp³-hybridized carbons (Fsp3) is 0.438. The minimum atomic E-state index is -0.884. The number of likely N-dealkylation sites (tertiary alicyclic amines) is 1. The molecule has 1 fully saturated rings. The van der Waals surface area contributed by atoms with Crippen LogP contribution < -0.4 is 11.1 Å². The second kappa shape index (κ2) is 7.13. The highest BCUT2D eigenvalue weighted by atomic mass is 16.4. The molecule has 0 radical (unpaired) electrons. The Bertz CT molecular complexity index is 617. The molecule has 1 saturated heterocycles. The first-order valence-corrected chi connectivity index (χ1v) is 7.50. The number of carbonyl (C=O) groups is 3. The van der Waals surface area contributed by atoms with E-state index in [1.54, 1.807) is 0 Å². The first kappa shape index (κ1) is 16.8. The van der Waals surface area contributed by atoms with Crippen molar-refractivity contribution < 1.29 is 19.5 Å². The molecular formula is C16H21N3O4. The smallest absolute Gasteiger partial charge is 0.312 e. The highest BCUT2D eigenvalue weighted by Crippen LogP contribution is 2.22. The largest absolute Gasteiger partial charge is 0.481 e. The molecule has 23 heavy (non-hydrogen) atoms. The van der Waals surface area contributed by atoms with Gasteiger partial charge in [-0.15, -0.1) is 0 Å². The lowest BCUT2D eigenvalue weighted by atomic mass is 10.0. The summed E-state index contributed by atoms with van der Waals surface area (Å²) < 4.78 is 0. The quantitative estimate of drug-likeness (QED) is 0.752. The van der Waals surface area contributed by atoms with E-state index in [4.69, 9.17) is 10.8 Å². The molecule has 1 aliphatic heterocycles. The number of primary amides is 1. The predicted molar refractivity (Wildman–Crippen MR) is 83.6 cm³/mol. The number of hydrogen-bond donors (Lipinski definition) is 3. The van der Waals surface area contributed by atoms with Crippen LogP contribution in [-0.4, -0.2) is 41.0 Å². The van der Waals surface area contributed by atoms with Crippen molar-refractivity contribution in [2.24, 2.45) is 11.7 Å². The zero-order valence-corrected chi connectivity index (χ0v) is 13.0. The molecule has 0 aromatic heterocycles. The molecular weight excluding hydrogens is 298 g/mol. The van der Waals surface area contributed by atoms with E-state index < -0.39 is 24.0 Å². The molecule has 4 N–H and O–H groups in total. The summed E-state index contributed by atoms with van der Waals surface area (Å²) in [6.07, 6.45) is 0.512. The molecule has 7 nitrogen and oxygen atoms in total. The van der Waals surface area contributed by atoms with Crippen LogP contribution in [0.2, 0.25) is 0 Å².